The summed E-state index contributed by atoms with van der Waals surface area (Å²) in [6.45, 7) is 4.38. The molecule has 0 bridgehead atoms. The zero-order chi connectivity index (χ0) is 12.1. The second-order valence-corrected chi connectivity index (χ2v) is 5.93. The van der Waals surface area contributed by atoms with Crippen LogP contribution in [-0.4, -0.2) is 13.1 Å². The molecule has 17 heavy (non-hydrogen) atoms. The Morgan fingerprint density at radius 1 is 1.24 bits per heavy atom. The van der Waals surface area contributed by atoms with Crippen LogP contribution in [0.3, 0.4) is 0 Å². The summed E-state index contributed by atoms with van der Waals surface area (Å²) in [4.78, 5) is 0. The van der Waals surface area contributed by atoms with E-state index >= 15 is 0 Å². The summed E-state index contributed by atoms with van der Waals surface area (Å²) >= 11 is 3.52. The van der Waals surface area contributed by atoms with Gasteiger partial charge in [-0.3, -0.25) is 0 Å². The maximum absolute atomic E-state index is 3.53. The molecule has 1 N–H and O–H groups in total. The first kappa shape index (κ1) is 13.1. The van der Waals surface area contributed by atoms with Crippen molar-refractivity contribution in [2.75, 3.05) is 13.1 Å². The van der Waals surface area contributed by atoms with Gasteiger partial charge < -0.3 is 5.32 Å². The summed E-state index contributed by atoms with van der Waals surface area (Å²) in [5.41, 5.74) is 1.50. The fourth-order valence-electron chi connectivity index (χ4n) is 2.93. The van der Waals surface area contributed by atoms with E-state index in [1.165, 1.54) is 35.7 Å². The maximum atomic E-state index is 3.53. The molecule has 1 atom stereocenters. The quantitative estimate of drug-likeness (QED) is 0.852. The van der Waals surface area contributed by atoms with E-state index in [-0.39, 0.29) is 0 Å². The van der Waals surface area contributed by atoms with Crippen LogP contribution in [0.1, 0.15) is 44.1 Å². The molecule has 0 saturated heterocycles. The Hall–Kier alpha value is -0.340. The fourth-order valence-corrected chi connectivity index (χ4v) is 3.19. The number of hydrogen-bond donors (Lipinski definition) is 1. The molecule has 0 aliphatic heterocycles. The third-order valence-electron chi connectivity index (χ3n) is 3.88. The average molecular weight is 296 g/mol. The van der Waals surface area contributed by atoms with Gasteiger partial charge in [0, 0.05) is 11.0 Å². The first-order chi connectivity index (χ1) is 8.31. The van der Waals surface area contributed by atoms with E-state index in [1.807, 2.05) is 0 Å². The lowest BCUT2D eigenvalue weighted by Gasteiger charge is -2.24. The highest BCUT2D eigenvalue weighted by molar-refractivity contribution is 9.10. The number of nitrogens with one attached hydrogen (secondary N) is 1. The first-order valence-electron chi connectivity index (χ1n) is 6.77. The SMILES string of the molecule is CCNCC(c1ccc(Br)cc1)C1CCCC1. The Balaban J connectivity index is 2.10. The minimum absolute atomic E-state index is 0.700. The molecule has 0 radical (unpaired) electrons. The number of likely N-dealkylation sites (N-methyl/N-ethyl adjacent to an activating group) is 1. The zero-order valence-corrected chi connectivity index (χ0v) is 12.2. The van der Waals surface area contributed by atoms with E-state index in [0.717, 1.165) is 19.0 Å². The summed E-state index contributed by atoms with van der Waals surface area (Å²) in [5.74, 6) is 1.58. The average Bonchev–Trinajstić information content (AvgIpc) is 2.85. The lowest BCUT2D eigenvalue weighted by atomic mass is 9.85. The summed E-state index contributed by atoms with van der Waals surface area (Å²) in [5, 5.41) is 3.53. The van der Waals surface area contributed by atoms with Gasteiger partial charge in [0.1, 0.15) is 0 Å². The van der Waals surface area contributed by atoms with Crippen molar-refractivity contribution in [3.05, 3.63) is 34.3 Å². The molecule has 0 aromatic heterocycles. The number of rotatable bonds is 5. The van der Waals surface area contributed by atoms with Gasteiger partial charge in [0.2, 0.25) is 0 Å². The van der Waals surface area contributed by atoms with Gasteiger partial charge in [-0.2, -0.15) is 0 Å². The summed E-state index contributed by atoms with van der Waals surface area (Å²) < 4.78 is 1.18. The van der Waals surface area contributed by atoms with Gasteiger partial charge in [0.05, 0.1) is 0 Å². The molecule has 1 aromatic rings. The van der Waals surface area contributed by atoms with Gasteiger partial charge in [-0.1, -0.05) is 47.8 Å². The Morgan fingerprint density at radius 3 is 2.47 bits per heavy atom. The van der Waals surface area contributed by atoms with Crippen molar-refractivity contribution >= 4 is 15.9 Å². The first-order valence-corrected chi connectivity index (χ1v) is 7.56. The Morgan fingerprint density at radius 2 is 1.88 bits per heavy atom. The molecule has 0 spiro atoms. The molecule has 2 rings (SSSR count). The van der Waals surface area contributed by atoms with Gasteiger partial charge in [-0.15, -0.1) is 0 Å². The largest absolute Gasteiger partial charge is 0.316 e. The minimum Gasteiger partial charge on any atom is -0.316 e. The molecule has 2 heteroatoms. The molecule has 1 aromatic carbocycles. The van der Waals surface area contributed by atoms with Gasteiger partial charge in [-0.25, -0.2) is 0 Å². The maximum Gasteiger partial charge on any atom is 0.0175 e. The van der Waals surface area contributed by atoms with E-state index < -0.39 is 0 Å². The Labute approximate surface area is 113 Å². The predicted octanol–water partition coefficient (Wildman–Crippen LogP) is 4.33. The molecule has 0 heterocycles. The highest BCUT2D eigenvalue weighted by Gasteiger charge is 2.25. The second kappa shape index (κ2) is 6.55. The fraction of sp³-hybridized carbons (Fsp3) is 0.600. The monoisotopic (exact) mass is 295 g/mol. The summed E-state index contributed by atoms with van der Waals surface area (Å²) in [6.07, 6.45) is 5.66. The van der Waals surface area contributed by atoms with Crippen molar-refractivity contribution in [1.29, 1.82) is 0 Å². The lowest BCUT2D eigenvalue weighted by molar-refractivity contribution is 0.414. The van der Waals surface area contributed by atoms with Crippen molar-refractivity contribution < 1.29 is 0 Å². The highest BCUT2D eigenvalue weighted by Crippen LogP contribution is 2.37. The summed E-state index contributed by atoms with van der Waals surface area (Å²) in [7, 11) is 0. The van der Waals surface area contributed by atoms with Crippen molar-refractivity contribution in [3.63, 3.8) is 0 Å². The number of benzene rings is 1. The van der Waals surface area contributed by atoms with Crippen molar-refractivity contribution in [2.24, 2.45) is 5.92 Å². The van der Waals surface area contributed by atoms with E-state index in [9.17, 15) is 0 Å². The van der Waals surface area contributed by atoms with Gasteiger partial charge >= 0.3 is 0 Å². The van der Waals surface area contributed by atoms with E-state index in [1.54, 1.807) is 0 Å². The van der Waals surface area contributed by atoms with E-state index in [2.05, 4.69) is 52.4 Å². The van der Waals surface area contributed by atoms with Crippen LogP contribution in [0.4, 0.5) is 0 Å². The van der Waals surface area contributed by atoms with Crippen LogP contribution in [0.15, 0.2) is 28.7 Å². The zero-order valence-electron chi connectivity index (χ0n) is 10.6. The molecule has 1 saturated carbocycles. The van der Waals surface area contributed by atoms with Crippen LogP contribution >= 0.6 is 15.9 Å². The normalized spacial score (nSPS) is 18.5. The third-order valence-corrected chi connectivity index (χ3v) is 4.41. The molecular formula is C15H22BrN. The van der Waals surface area contributed by atoms with Crippen molar-refractivity contribution in [2.45, 2.75) is 38.5 Å². The molecule has 0 amide bonds. The van der Waals surface area contributed by atoms with Crippen LogP contribution in [0.2, 0.25) is 0 Å². The van der Waals surface area contributed by atoms with Crippen molar-refractivity contribution in [1.82, 2.24) is 5.32 Å². The number of hydrogen-bond acceptors (Lipinski definition) is 1. The van der Waals surface area contributed by atoms with Crippen LogP contribution in [0, 0.1) is 5.92 Å². The highest BCUT2D eigenvalue weighted by atomic mass is 79.9. The van der Waals surface area contributed by atoms with Gasteiger partial charge in [-0.05, 0) is 48.9 Å². The van der Waals surface area contributed by atoms with Gasteiger partial charge in [0.25, 0.3) is 0 Å². The van der Waals surface area contributed by atoms with Crippen LogP contribution in [0.25, 0.3) is 0 Å². The number of halogens is 1. The van der Waals surface area contributed by atoms with Gasteiger partial charge in [0.15, 0.2) is 0 Å². The predicted molar refractivity (Wildman–Crippen MR) is 77.4 cm³/mol. The van der Waals surface area contributed by atoms with Crippen LogP contribution < -0.4 is 5.32 Å². The second-order valence-electron chi connectivity index (χ2n) is 5.01. The molecule has 1 fully saturated rings. The molecule has 1 aliphatic carbocycles. The van der Waals surface area contributed by atoms with Crippen LogP contribution in [-0.2, 0) is 0 Å². The summed E-state index contributed by atoms with van der Waals surface area (Å²) in [6, 6.07) is 8.90. The Kier molecular flexibility index (Phi) is 5.05. The standard InChI is InChI=1S/C15H22BrN/c1-2-17-11-15(12-5-3-4-6-12)13-7-9-14(16)10-8-13/h7-10,12,15,17H,2-6,11H2,1H3. The lowest BCUT2D eigenvalue weighted by Crippen LogP contribution is -2.25. The molecule has 1 nitrogen and oxygen atoms in total. The molecular weight excluding hydrogens is 274 g/mol. The van der Waals surface area contributed by atoms with E-state index in [0.29, 0.717) is 5.92 Å². The molecule has 1 aliphatic rings. The smallest absolute Gasteiger partial charge is 0.0175 e. The van der Waals surface area contributed by atoms with Crippen molar-refractivity contribution in [3.8, 4) is 0 Å². The van der Waals surface area contributed by atoms with E-state index in [4.69, 9.17) is 0 Å². The minimum atomic E-state index is 0.700. The molecule has 1 unspecified atom stereocenters. The topological polar surface area (TPSA) is 12.0 Å². The third kappa shape index (κ3) is 3.56. The molecule has 94 valence electrons. The Bertz CT molecular complexity index is 327. The van der Waals surface area contributed by atoms with Crippen LogP contribution in [0.5, 0.6) is 0 Å².